The number of hydrogen-bond acceptors (Lipinski definition) is 6. The van der Waals surface area contributed by atoms with Crippen LogP contribution in [0.2, 0.25) is 0 Å². The van der Waals surface area contributed by atoms with E-state index in [1.165, 1.54) is 0 Å². The highest BCUT2D eigenvalue weighted by atomic mass is 16.8. The van der Waals surface area contributed by atoms with Gasteiger partial charge in [-0.1, -0.05) is 0 Å². The first-order valence-electron chi connectivity index (χ1n) is 6.98. The van der Waals surface area contributed by atoms with E-state index in [1.54, 1.807) is 0 Å². The summed E-state index contributed by atoms with van der Waals surface area (Å²) < 4.78 is 28.6. The van der Waals surface area contributed by atoms with Crippen LogP contribution in [0.3, 0.4) is 0 Å². The Kier molecular flexibility index (Phi) is 3.81. The van der Waals surface area contributed by atoms with Gasteiger partial charge in [0.15, 0.2) is 18.4 Å². The molecule has 19 heavy (non-hydrogen) atoms. The van der Waals surface area contributed by atoms with E-state index in [1.807, 2.05) is 13.8 Å². The molecule has 3 aliphatic heterocycles. The van der Waals surface area contributed by atoms with Crippen LogP contribution in [-0.2, 0) is 23.7 Å². The highest BCUT2D eigenvalue weighted by Gasteiger charge is 2.55. The maximum Gasteiger partial charge on any atom is 0.190 e. The summed E-state index contributed by atoms with van der Waals surface area (Å²) in [5, 5.41) is 9.39. The summed E-state index contributed by atoms with van der Waals surface area (Å²) in [7, 11) is 0. The Morgan fingerprint density at radius 2 is 2.11 bits per heavy atom. The molecule has 3 saturated heterocycles. The summed E-state index contributed by atoms with van der Waals surface area (Å²) in [5.74, 6) is -0.676. The quantitative estimate of drug-likeness (QED) is 0.820. The summed E-state index contributed by atoms with van der Waals surface area (Å²) in [5.41, 5.74) is 0. The first kappa shape index (κ1) is 13.7. The maximum absolute atomic E-state index is 9.39. The molecule has 0 aliphatic carbocycles. The van der Waals surface area contributed by atoms with Crippen LogP contribution in [0.1, 0.15) is 33.1 Å². The molecule has 3 aliphatic rings. The summed E-state index contributed by atoms with van der Waals surface area (Å²) in [6.07, 6.45) is 1.26. The number of rotatable bonds is 3. The van der Waals surface area contributed by atoms with Crippen molar-refractivity contribution in [3.63, 3.8) is 0 Å². The van der Waals surface area contributed by atoms with Crippen LogP contribution in [0.4, 0.5) is 0 Å². The Morgan fingerprint density at radius 3 is 2.79 bits per heavy atom. The molecule has 1 N–H and O–H groups in total. The molecule has 3 heterocycles. The van der Waals surface area contributed by atoms with E-state index in [-0.39, 0.29) is 25.1 Å². The molecule has 0 spiro atoms. The molecule has 0 aromatic carbocycles. The number of fused-ring (bicyclic) bond motifs is 1. The number of aliphatic hydroxyl groups is 1. The molecule has 110 valence electrons. The molecule has 6 heteroatoms. The van der Waals surface area contributed by atoms with Gasteiger partial charge >= 0.3 is 0 Å². The fourth-order valence-corrected chi connectivity index (χ4v) is 2.85. The maximum atomic E-state index is 9.39. The molecule has 5 unspecified atom stereocenters. The average molecular weight is 274 g/mol. The molecule has 0 radical (unpaired) electrons. The lowest BCUT2D eigenvalue weighted by Gasteiger charge is -2.30. The monoisotopic (exact) mass is 274 g/mol. The second kappa shape index (κ2) is 5.27. The molecule has 6 nitrogen and oxygen atoms in total. The van der Waals surface area contributed by atoms with Crippen LogP contribution in [0.5, 0.6) is 0 Å². The molecule has 3 rings (SSSR count). The zero-order valence-corrected chi connectivity index (χ0v) is 11.4. The van der Waals surface area contributed by atoms with Crippen LogP contribution in [0.25, 0.3) is 0 Å². The van der Waals surface area contributed by atoms with E-state index in [9.17, 15) is 5.11 Å². The Morgan fingerprint density at radius 1 is 1.26 bits per heavy atom. The number of aliphatic hydroxyl groups excluding tert-OH is 1. The van der Waals surface area contributed by atoms with E-state index in [4.69, 9.17) is 23.7 Å². The van der Waals surface area contributed by atoms with Crippen LogP contribution in [0.15, 0.2) is 0 Å². The summed E-state index contributed by atoms with van der Waals surface area (Å²) in [4.78, 5) is 0. The van der Waals surface area contributed by atoms with Gasteiger partial charge in [-0.25, -0.2) is 0 Å². The van der Waals surface area contributed by atoms with Crippen LogP contribution >= 0.6 is 0 Å². The number of hydrogen-bond donors (Lipinski definition) is 1. The third-order valence-electron chi connectivity index (χ3n) is 3.71. The van der Waals surface area contributed by atoms with Crippen molar-refractivity contribution < 1.29 is 28.8 Å². The van der Waals surface area contributed by atoms with Crippen molar-refractivity contribution in [1.29, 1.82) is 0 Å². The fourth-order valence-electron chi connectivity index (χ4n) is 2.85. The smallest absolute Gasteiger partial charge is 0.190 e. The van der Waals surface area contributed by atoms with E-state index < -0.39 is 18.2 Å². The van der Waals surface area contributed by atoms with Gasteiger partial charge in [0.1, 0.15) is 18.3 Å². The van der Waals surface area contributed by atoms with Crippen molar-refractivity contribution in [1.82, 2.24) is 0 Å². The van der Waals surface area contributed by atoms with Crippen LogP contribution in [0, 0.1) is 0 Å². The predicted molar refractivity (Wildman–Crippen MR) is 64.2 cm³/mol. The van der Waals surface area contributed by atoms with Gasteiger partial charge in [-0.15, -0.1) is 0 Å². The molecule has 0 aromatic rings. The van der Waals surface area contributed by atoms with Crippen LogP contribution in [-0.4, -0.2) is 55.0 Å². The predicted octanol–water partition coefficient (Wildman–Crippen LogP) is 0.767. The first-order chi connectivity index (χ1) is 9.09. The largest absolute Gasteiger partial charge is 0.394 e. The van der Waals surface area contributed by atoms with E-state index in [2.05, 4.69) is 0 Å². The normalized spacial score (nSPS) is 45.3. The van der Waals surface area contributed by atoms with Crippen molar-refractivity contribution in [3.05, 3.63) is 0 Å². The number of ether oxygens (including phenoxy) is 5. The minimum atomic E-state index is -0.676. The van der Waals surface area contributed by atoms with Gasteiger partial charge in [0.2, 0.25) is 0 Å². The summed E-state index contributed by atoms with van der Waals surface area (Å²) >= 11 is 0. The lowest BCUT2D eigenvalue weighted by molar-refractivity contribution is -0.249. The Balaban J connectivity index is 1.66. The SMILES string of the molecule is CC1(C)OC2OC(CO)C(OC3CCCCO3)C2O1. The molecular formula is C13H22O6. The zero-order chi connectivity index (χ0) is 13.5. The molecule has 3 fully saturated rings. The van der Waals surface area contributed by atoms with Crippen molar-refractivity contribution in [3.8, 4) is 0 Å². The minimum absolute atomic E-state index is 0.114. The second-order valence-corrected chi connectivity index (χ2v) is 5.72. The van der Waals surface area contributed by atoms with E-state index in [0.29, 0.717) is 0 Å². The highest BCUT2D eigenvalue weighted by Crippen LogP contribution is 2.39. The molecule has 5 atom stereocenters. The summed E-state index contributed by atoms with van der Waals surface area (Å²) in [6.45, 7) is 4.30. The van der Waals surface area contributed by atoms with E-state index in [0.717, 1.165) is 25.9 Å². The minimum Gasteiger partial charge on any atom is -0.394 e. The van der Waals surface area contributed by atoms with Crippen molar-refractivity contribution in [2.75, 3.05) is 13.2 Å². The zero-order valence-electron chi connectivity index (χ0n) is 11.4. The van der Waals surface area contributed by atoms with Gasteiger partial charge in [0.25, 0.3) is 0 Å². The van der Waals surface area contributed by atoms with Crippen molar-refractivity contribution in [2.24, 2.45) is 0 Å². The van der Waals surface area contributed by atoms with Crippen LogP contribution < -0.4 is 0 Å². The topological polar surface area (TPSA) is 66.4 Å². The van der Waals surface area contributed by atoms with Gasteiger partial charge in [0, 0.05) is 6.61 Å². The standard InChI is InChI=1S/C13H22O6/c1-13(2)18-11-10(8(7-14)16-12(11)19-13)17-9-5-3-4-6-15-9/h8-12,14H,3-7H2,1-2H3. The molecule has 0 saturated carbocycles. The molecule has 0 aromatic heterocycles. The van der Waals surface area contributed by atoms with Gasteiger partial charge in [-0.2, -0.15) is 0 Å². The third kappa shape index (κ3) is 2.79. The van der Waals surface area contributed by atoms with E-state index >= 15 is 0 Å². The second-order valence-electron chi connectivity index (χ2n) is 5.72. The molecule has 0 amide bonds. The molecule has 0 bridgehead atoms. The van der Waals surface area contributed by atoms with Gasteiger partial charge in [-0.3, -0.25) is 0 Å². The lowest BCUT2D eigenvalue weighted by Crippen LogP contribution is -2.42. The first-order valence-corrected chi connectivity index (χ1v) is 6.98. The summed E-state index contributed by atoms with van der Waals surface area (Å²) in [6, 6.07) is 0. The molecular weight excluding hydrogens is 252 g/mol. The Labute approximate surface area is 112 Å². The highest BCUT2D eigenvalue weighted by molar-refractivity contribution is 4.94. The van der Waals surface area contributed by atoms with Crippen molar-refractivity contribution >= 4 is 0 Å². The fraction of sp³-hybridized carbons (Fsp3) is 1.00. The van der Waals surface area contributed by atoms with Gasteiger partial charge in [-0.05, 0) is 33.1 Å². The lowest BCUT2D eigenvalue weighted by atomic mass is 10.1. The Bertz CT molecular complexity index is 314. The average Bonchev–Trinajstić information content (AvgIpc) is 2.84. The van der Waals surface area contributed by atoms with Gasteiger partial charge < -0.3 is 28.8 Å². The Hall–Kier alpha value is -0.240. The third-order valence-corrected chi connectivity index (χ3v) is 3.71. The van der Waals surface area contributed by atoms with Crippen molar-refractivity contribution in [2.45, 2.75) is 69.8 Å². The van der Waals surface area contributed by atoms with Gasteiger partial charge in [0.05, 0.1) is 6.61 Å².